The number of thiazole rings is 1. The average Bonchev–Trinajstić information content (AvgIpc) is 3.23. The highest BCUT2D eigenvalue weighted by atomic mass is 32.1. The second kappa shape index (κ2) is 8.71. The number of ether oxygens (including phenoxy) is 1. The number of rotatable bonds is 6. The number of carbonyl (C=O) groups is 1. The molecule has 4 aromatic rings. The number of para-hydroxylation sites is 1. The maximum Gasteiger partial charge on any atom is 0.238 e. The molecule has 144 valence electrons. The molecular weight excluding hydrogens is 380 g/mol. The summed E-state index contributed by atoms with van der Waals surface area (Å²) in [4.78, 5) is 17.8. The monoisotopic (exact) mass is 400 g/mol. The summed E-state index contributed by atoms with van der Waals surface area (Å²) < 4.78 is 5.42. The van der Waals surface area contributed by atoms with Gasteiger partial charge in [-0.25, -0.2) is 4.98 Å². The van der Waals surface area contributed by atoms with Crippen LogP contribution >= 0.6 is 11.3 Å². The SMILES string of the molecule is COc1ccccc1-c1csc(NC(=O)C(c2ccccc2)c2ccccc2)n1. The number of amides is 1. The van der Waals surface area contributed by atoms with Crippen molar-refractivity contribution < 1.29 is 9.53 Å². The molecule has 5 heteroatoms. The molecular formula is C24H20N2O2S. The van der Waals surface area contributed by atoms with Gasteiger partial charge in [0.15, 0.2) is 5.13 Å². The van der Waals surface area contributed by atoms with Crippen molar-refractivity contribution >= 4 is 22.4 Å². The Morgan fingerprint density at radius 2 is 1.48 bits per heavy atom. The molecule has 1 aromatic heterocycles. The Morgan fingerprint density at radius 3 is 2.10 bits per heavy atom. The smallest absolute Gasteiger partial charge is 0.238 e. The van der Waals surface area contributed by atoms with E-state index in [0.717, 1.165) is 28.1 Å². The summed E-state index contributed by atoms with van der Waals surface area (Å²) in [7, 11) is 1.64. The maximum atomic E-state index is 13.2. The van der Waals surface area contributed by atoms with Crippen molar-refractivity contribution in [2.24, 2.45) is 0 Å². The molecule has 0 unspecified atom stereocenters. The first-order valence-corrected chi connectivity index (χ1v) is 10.1. The van der Waals surface area contributed by atoms with Gasteiger partial charge in [0.25, 0.3) is 0 Å². The van der Waals surface area contributed by atoms with Gasteiger partial charge in [-0.1, -0.05) is 72.8 Å². The summed E-state index contributed by atoms with van der Waals surface area (Å²) >= 11 is 1.40. The van der Waals surface area contributed by atoms with E-state index in [-0.39, 0.29) is 5.91 Å². The summed E-state index contributed by atoms with van der Waals surface area (Å²) in [5.41, 5.74) is 3.56. The highest BCUT2D eigenvalue weighted by Gasteiger charge is 2.23. The molecule has 0 radical (unpaired) electrons. The summed E-state index contributed by atoms with van der Waals surface area (Å²) in [5.74, 6) is 0.237. The van der Waals surface area contributed by atoms with Crippen LogP contribution in [0.25, 0.3) is 11.3 Å². The number of nitrogens with zero attached hydrogens (tertiary/aromatic N) is 1. The lowest BCUT2D eigenvalue weighted by atomic mass is 9.90. The van der Waals surface area contributed by atoms with E-state index in [1.807, 2.05) is 90.3 Å². The van der Waals surface area contributed by atoms with Crippen molar-refractivity contribution in [2.75, 3.05) is 12.4 Å². The minimum atomic E-state index is -0.406. The van der Waals surface area contributed by atoms with Crippen molar-refractivity contribution in [1.82, 2.24) is 4.98 Å². The Hall–Kier alpha value is -3.44. The molecule has 0 saturated carbocycles. The number of hydrogen-bond acceptors (Lipinski definition) is 4. The summed E-state index contributed by atoms with van der Waals surface area (Å²) in [6.07, 6.45) is 0. The molecule has 0 spiro atoms. The number of anilines is 1. The Bertz CT molecular complexity index is 1050. The van der Waals surface area contributed by atoms with Crippen LogP contribution in [0.15, 0.2) is 90.3 Å². The standard InChI is InChI=1S/C24H20N2O2S/c1-28-21-15-9-8-14-19(21)20-16-29-24(25-20)26-23(27)22(17-10-4-2-5-11-17)18-12-6-3-7-13-18/h2-16,22H,1H3,(H,25,26,27). The third kappa shape index (κ3) is 4.20. The van der Waals surface area contributed by atoms with Gasteiger partial charge in [-0.05, 0) is 23.3 Å². The third-order valence-corrected chi connectivity index (χ3v) is 5.40. The lowest BCUT2D eigenvalue weighted by Crippen LogP contribution is -2.22. The molecule has 0 atom stereocenters. The number of benzene rings is 3. The second-order valence-corrected chi connectivity index (χ2v) is 7.34. The average molecular weight is 401 g/mol. The molecule has 0 aliphatic rings. The Labute approximate surface area is 173 Å². The Balaban J connectivity index is 1.61. The van der Waals surface area contributed by atoms with Crippen LogP contribution in [0.5, 0.6) is 5.75 Å². The minimum absolute atomic E-state index is 0.108. The van der Waals surface area contributed by atoms with Gasteiger partial charge in [0.05, 0.1) is 18.7 Å². The molecule has 4 rings (SSSR count). The van der Waals surface area contributed by atoms with E-state index in [0.29, 0.717) is 5.13 Å². The molecule has 1 amide bonds. The second-order valence-electron chi connectivity index (χ2n) is 6.48. The van der Waals surface area contributed by atoms with E-state index >= 15 is 0 Å². The summed E-state index contributed by atoms with van der Waals surface area (Å²) in [6.45, 7) is 0. The molecule has 0 fully saturated rings. The van der Waals surface area contributed by atoms with Crippen LogP contribution in [-0.2, 0) is 4.79 Å². The van der Waals surface area contributed by atoms with Crippen LogP contribution in [0.1, 0.15) is 17.0 Å². The first-order chi connectivity index (χ1) is 14.3. The van der Waals surface area contributed by atoms with E-state index in [9.17, 15) is 4.79 Å². The number of carbonyl (C=O) groups excluding carboxylic acids is 1. The summed E-state index contributed by atoms with van der Waals surface area (Å²) in [6, 6.07) is 27.3. The van der Waals surface area contributed by atoms with Crippen molar-refractivity contribution in [2.45, 2.75) is 5.92 Å². The lowest BCUT2D eigenvalue weighted by Gasteiger charge is -2.17. The van der Waals surface area contributed by atoms with Gasteiger partial charge in [-0.3, -0.25) is 4.79 Å². The molecule has 0 aliphatic heterocycles. The van der Waals surface area contributed by atoms with Gasteiger partial charge in [0.2, 0.25) is 5.91 Å². The van der Waals surface area contributed by atoms with Gasteiger partial charge in [-0.15, -0.1) is 11.3 Å². The third-order valence-electron chi connectivity index (χ3n) is 4.65. The first kappa shape index (κ1) is 18.9. The zero-order valence-corrected chi connectivity index (χ0v) is 16.7. The quantitative estimate of drug-likeness (QED) is 0.459. The lowest BCUT2D eigenvalue weighted by molar-refractivity contribution is -0.116. The van der Waals surface area contributed by atoms with Crippen molar-refractivity contribution in [1.29, 1.82) is 0 Å². The number of nitrogens with one attached hydrogen (secondary N) is 1. The van der Waals surface area contributed by atoms with Crippen molar-refractivity contribution in [3.8, 4) is 17.0 Å². The zero-order chi connectivity index (χ0) is 20.1. The highest BCUT2D eigenvalue weighted by molar-refractivity contribution is 7.14. The summed E-state index contributed by atoms with van der Waals surface area (Å²) in [5, 5.41) is 5.48. The maximum absolute atomic E-state index is 13.2. The van der Waals surface area contributed by atoms with Crippen LogP contribution < -0.4 is 10.1 Å². The molecule has 0 aliphatic carbocycles. The van der Waals surface area contributed by atoms with Crippen LogP contribution in [-0.4, -0.2) is 18.0 Å². The van der Waals surface area contributed by atoms with Gasteiger partial charge in [0.1, 0.15) is 5.75 Å². The van der Waals surface area contributed by atoms with Crippen LogP contribution in [0.3, 0.4) is 0 Å². The largest absolute Gasteiger partial charge is 0.496 e. The fraction of sp³-hybridized carbons (Fsp3) is 0.0833. The number of methoxy groups -OCH3 is 1. The van der Waals surface area contributed by atoms with Crippen LogP contribution in [0, 0.1) is 0 Å². The number of hydrogen-bond donors (Lipinski definition) is 1. The first-order valence-electron chi connectivity index (χ1n) is 9.26. The van der Waals surface area contributed by atoms with E-state index < -0.39 is 5.92 Å². The van der Waals surface area contributed by atoms with Gasteiger partial charge in [-0.2, -0.15) is 0 Å². The zero-order valence-electron chi connectivity index (χ0n) is 15.9. The highest BCUT2D eigenvalue weighted by Crippen LogP contribution is 2.33. The predicted molar refractivity (Wildman–Crippen MR) is 117 cm³/mol. The molecule has 4 nitrogen and oxygen atoms in total. The Kier molecular flexibility index (Phi) is 5.68. The molecule has 0 saturated heterocycles. The topological polar surface area (TPSA) is 51.2 Å². The van der Waals surface area contributed by atoms with Crippen molar-refractivity contribution in [3.05, 3.63) is 101 Å². The predicted octanol–water partition coefficient (Wildman–Crippen LogP) is 5.59. The molecule has 1 N–H and O–H groups in total. The van der Waals surface area contributed by atoms with E-state index in [1.165, 1.54) is 11.3 Å². The molecule has 3 aromatic carbocycles. The molecule has 1 heterocycles. The van der Waals surface area contributed by atoms with Crippen LogP contribution in [0.4, 0.5) is 5.13 Å². The Morgan fingerprint density at radius 1 is 0.897 bits per heavy atom. The van der Waals surface area contributed by atoms with Gasteiger partial charge >= 0.3 is 0 Å². The van der Waals surface area contributed by atoms with E-state index in [2.05, 4.69) is 10.3 Å². The molecule has 0 bridgehead atoms. The van der Waals surface area contributed by atoms with Crippen molar-refractivity contribution in [3.63, 3.8) is 0 Å². The fourth-order valence-corrected chi connectivity index (χ4v) is 3.99. The molecule has 29 heavy (non-hydrogen) atoms. The number of aromatic nitrogens is 1. The normalized spacial score (nSPS) is 10.7. The van der Waals surface area contributed by atoms with E-state index in [1.54, 1.807) is 7.11 Å². The van der Waals surface area contributed by atoms with Gasteiger partial charge < -0.3 is 10.1 Å². The minimum Gasteiger partial charge on any atom is -0.496 e. The van der Waals surface area contributed by atoms with Gasteiger partial charge in [0, 0.05) is 10.9 Å². The fourth-order valence-electron chi connectivity index (χ4n) is 3.27. The van der Waals surface area contributed by atoms with Crippen LogP contribution in [0.2, 0.25) is 0 Å². The van der Waals surface area contributed by atoms with E-state index in [4.69, 9.17) is 4.74 Å².